The normalized spacial score (nSPS) is 14.6. The van der Waals surface area contributed by atoms with E-state index in [0.29, 0.717) is 29.4 Å². The maximum Gasteiger partial charge on any atom is 0.299 e. The molecule has 0 aromatic heterocycles. The molecule has 0 bridgehead atoms. The fourth-order valence-corrected chi connectivity index (χ4v) is 2.13. The summed E-state index contributed by atoms with van der Waals surface area (Å²) in [6.45, 7) is 1.11. The predicted octanol–water partition coefficient (Wildman–Crippen LogP) is 2.08. The highest BCUT2D eigenvalue weighted by atomic mass is 35.5. The first-order valence-corrected chi connectivity index (χ1v) is 6.17. The van der Waals surface area contributed by atoms with E-state index in [4.69, 9.17) is 23.2 Å². The molecule has 0 aliphatic carbocycles. The Balaban J connectivity index is 2.38. The number of rotatable bonds is 3. The monoisotopic (exact) mass is 286 g/mol. The van der Waals surface area contributed by atoms with Crippen molar-refractivity contribution < 1.29 is 9.59 Å². The van der Waals surface area contributed by atoms with Crippen LogP contribution in [0.4, 0.5) is 5.69 Å². The molecule has 1 aliphatic heterocycles. The maximum atomic E-state index is 11.9. The number of halogens is 2. The lowest BCUT2D eigenvalue weighted by Gasteiger charge is -2.19. The number of Topliss-reactive ketones (excluding diaryl/α,β-unsaturated/α-hetero) is 1. The van der Waals surface area contributed by atoms with Crippen LogP contribution in [-0.2, 0) is 4.79 Å². The summed E-state index contributed by atoms with van der Waals surface area (Å²) in [6, 6.07) is 3.02. The van der Waals surface area contributed by atoms with Gasteiger partial charge in [0.2, 0.25) is 0 Å². The zero-order valence-corrected chi connectivity index (χ0v) is 11.5. The number of carbonyl (C=O) groups is 2. The molecule has 6 heteroatoms. The van der Waals surface area contributed by atoms with Crippen molar-refractivity contribution in [3.05, 3.63) is 27.7 Å². The van der Waals surface area contributed by atoms with Gasteiger partial charge in [0, 0.05) is 13.1 Å². The van der Waals surface area contributed by atoms with Gasteiger partial charge in [-0.1, -0.05) is 23.2 Å². The molecule has 0 fully saturated rings. The van der Waals surface area contributed by atoms with Crippen molar-refractivity contribution in [3.8, 4) is 0 Å². The second-order valence-corrected chi connectivity index (χ2v) is 5.19. The molecule has 0 spiro atoms. The Kier molecular flexibility index (Phi) is 3.61. The molecule has 1 aromatic carbocycles. The molecule has 0 saturated carbocycles. The van der Waals surface area contributed by atoms with Gasteiger partial charge in [0.05, 0.1) is 21.3 Å². The lowest BCUT2D eigenvalue weighted by molar-refractivity contribution is -0.114. The van der Waals surface area contributed by atoms with Crippen LogP contribution in [0.15, 0.2) is 12.1 Å². The van der Waals surface area contributed by atoms with E-state index in [9.17, 15) is 9.59 Å². The Bertz CT molecular complexity index is 529. The molecule has 1 amide bonds. The second-order valence-electron chi connectivity index (χ2n) is 4.37. The first-order valence-electron chi connectivity index (χ1n) is 5.42. The van der Waals surface area contributed by atoms with Crippen LogP contribution < -0.4 is 4.90 Å². The number of amides is 1. The summed E-state index contributed by atoms with van der Waals surface area (Å²) in [7, 11) is 3.80. The minimum absolute atomic E-state index is 0.283. The smallest absolute Gasteiger partial charge is 0.299 e. The molecule has 18 heavy (non-hydrogen) atoms. The van der Waals surface area contributed by atoms with Gasteiger partial charge >= 0.3 is 0 Å². The SMILES string of the molecule is CN(C)CCN1C(=O)C(=O)c2cc(Cl)c(Cl)cc21. The van der Waals surface area contributed by atoms with E-state index in [2.05, 4.69) is 0 Å². The summed E-state index contributed by atoms with van der Waals surface area (Å²) < 4.78 is 0. The molecule has 0 radical (unpaired) electrons. The van der Waals surface area contributed by atoms with E-state index in [0.717, 1.165) is 0 Å². The summed E-state index contributed by atoms with van der Waals surface area (Å²) >= 11 is 11.8. The van der Waals surface area contributed by atoms with Crippen molar-refractivity contribution in [1.29, 1.82) is 0 Å². The molecular weight excluding hydrogens is 275 g/mol. The highest BCUT2D eigenvalue weighted by Crippen LogP contribution is 2.35. The van der Waals surface area contributed by atoms with Crippen molar-refractivity contribution in [2.45, 2.75) is 0 Å². The highest BCUT2D eigenvalue weighted by Gasteiger charge is 2.36. The Hall–Kier alpha value is -1.10. The average molecular weight is 287 g/mol. The number of carbonyl (C=O) groups excluding carboxylic acids is 2. The van der Waals surface area contributed by atoms with Crippen LogP contribution in [0.25, 0.3) is 0 Å². The summed E-state index contributed by atoms with van der Waals surface area (Å²) in [5.41, 5.74) is 0.870. The zero-order valence-electron chi connectivity index (χ0n) is 10.0. The molecule has 1 aromatic rings. The zero-order chi connectivity index (χ0) is 13.4. The van der Waals surface area contributed by atoms with E-state index >= 15 is 0 Å². The summed E-state index contributed by atoms with van der Waals surface area (Å²) in [5, 5.41) is 0.624. The molecule has 0 atom stereocenters. The van der Waals surface area contributed by atoms with Crippen LogP contribution in [0.1, 0.15) is 10.4 Å². The predicted molar refractivity (Wildman–Crippen MR) is 71.7 cm³/mol. The Morgan fingerprint density at radius 3 is 2.39 bits per heavy atom. The van der Waals surface area contributed by atoms with Gasteiger partial charge < -0.3 is 9.80 Å². The fourth-order valence-electron chi connectivity index (χ4n) is 1.81. The lowest BCUT2D eigenvalue weighted by atomic mass is 10.1. The summed E-state index contributed by atoms with van der Waals surface area (Å²) in [5.74, 6) is -1.05. The number of benzene rings is 1. The van der Waals surface area contributed by atoms with Crippen LogP contribution in [0, 0.1) is 0 Å². The number of hydrogen-bond acceptors (Lipinski definition) is 3. The van der Waals surface area contributed by atoms with Crippen molar-refractivity contribution in [2.75, 3.05) is 32.1 Å². The number of ketones is 1. The average Bonchev–Trinajstić information content (AvgIpc) is 2.51. The number of hydrogen-bond donors (Lipinski definition) is 0. The first-order chi connectivity index (χ1) is 8.41. The van der Waals surface area contributed by atoms with Crippen molar-refractivity contribution >= 4 is 40.6 Å². The van der Waals surface area contributed by atoms with Crippen LogP contribution in [0.5, 0.6) is 0 Å². The topological polar surface area (TPSA) is 40.6 Å². The van der Waals surface area contributed by atoms with Gasteiger partial charge in [-0.2, -0.15) is 0 Å². The maximum absolute atomic E-state index is 11.9. The molecule has 1 aliphatic rings. The third-order valence-electron chi connectivity index (χ3n) is 2.78. The van der Waals surface area contributed by atoms with E-state index in [-0.39, 0.29) is 5.02 Å². The Morgan fingerprint density at radius 2 is 1.78 bits per heavy atom. The number of nitrogens with zero attached hydrogens (tertiary/aromatic N) is 2. The van der Waals surface area contributed by atoms with Crippen LogP contribution in [-0.4, -0.2) is 43.8 Å². The van der Waals surface area contributed by atoms with Crippen LogP contribution in [0.2, 0.25) is 10.0 Å². The number of fused-ring (bicyclic) bond motifs is 1. The largest absolute Gasteiger partial charge is 0.308 e. The molecule has 0 N–H and O–H groups in total. The minimum Gasteiger partial charge on any atom is -0.308 e. The summed E-state index contributed by atoms with van der Waals surface area (Å²) in [4.78, 5) is 27.1. The van der Waals surface area contributed by atoms with Gasteiger partial charge in [0.15, 0.2) is 0 Å². The van der Waals surface area contributed by atoms with E-state index in [1.54, 1.807) is 6.07 Å². The number of anilines is 1. The first kappa shape index (κ1) is 13.3. The minimum atomic E-state index is -0.526. The second kappa shape index (κ2) is 4.88. The van der Waals surface area contributed by atoms with Gasteiger partial charge in [-0.3, -0.25) is 9.59 Å². The Morgan fingerprint density at radius 1 is 1.17 bits per heavy atom. The standard InChI is InChI=1S/C12H12Cl2N2O2/c1-15(2)3-4-16-10-6-9(14)8(13)5-7(10)11(17)12(16)18/h5-6H,3-4H2,1-2H3. The van der Waals surface area contributed by atoms with Crippen molar-refractivity contribution in [1.82, 2.24) is 4.90 Å². The Labute approximate surface area is 115 Å². The molecule has 96 valence electrons. The molecule has 1 heterocycles. The lowest BCUT2D eigenvalue weighted by Crippen LogP contribution is -2.35. The van der Waals surface area contributed by atoms with E-state index in [1.165, 1.54) is 11.0 Å². The number of likely N-dealkylation sites (N-methyl/N-ethyl adjacent to an activating group) is 1. The van der Waals surface area contributed by atoms with E-state index in [1.807, 2.05) is 19.0 Å². The molecular formula is C12H12Cl2N2O2. The summed E-state index contributed by atoms with van der Waals surface area (Å²) in [6.07, 6.45) is 0. The third kappa shape index (κ3) is 2.23. The molecule has 4 nitrogen and oxygen atoms in total. The molecule has 2 rings (SSSR count). The van der Waals surface area contributed by atoms with Crippen LogP contribution in [0.3, 0.4) is 0 Å². The third-order valence-corrected chi connectivity index (χ3v) is 3.51. The molecule has 0 saturated heterocycles. The highest BCUT2D eigenvalue weighted by molar-refractivity contribution is 6.53. The quantitative estimate of drug-likeness (QED) is 0.799. The van der Waals surface area contributed by atoms with Gasteiger partial charge in [-0.25, -0.2) is 0 Å². The molecule has 0 unspecified atom stereocenters. The van der Waals surface area contributed by atoms with Crippen molar-refractivity contribution in [2.24, 2.45) is 0 Å². The van der Waals surface area contributed by atoms with Gasteiger partial charge in [-0.05, 0) is 26.2 Å². The van der Waals surface area contributed by atoms with Crippen molar-refractivity contribution in [3.63, 3.8) is 0 Å². The van der Waals surface area contributed by atoms with Crippen LogP contribution >= 0.6 is 23.2 Å². The van der Waals surface area contributed by atoms with Gasteiger partial charge in [0.25, 0.3) is 11.7 Å². The van der Waals surface area contributed by atoms with E-state index < -0.39 is 11.7 Å². The van der Waals surface area contributed by atoms with Gasteiger partial charge in [-0.15, -0.1) is 0 Å². The fraction of sp³-hybridized carbons (Fsp3) is 0.333. The van der Waals surface area contributed by atoms with Gasteiger partial charge in [0.1, 0.15) is 0 Å².